The molecule has 16 heavy (non-hydrogen) atoms. The average Bonchev–Trinajstić information content (AvgIpc) is 2.21. The zero-order valence-corrected chi connectivity index (χ0v) is 10.6. The molecule has 2 nitrogen and oxygen atoms in total. The van der Waals surface area contributed by atoms with Crippen LogP contribution in [0, 0.1) is 0 Å². The maximum Gasteiger partial charge on any atom is 0.120 e. The van der Waals surface area contributed by atoms with Gasteiger partial charge in [-0.05, 0) is 31.7 Å². The van der Waals surface area contributed by atoms with E-state index in [0.717, 1.165) is 24.2 Å². The van der Waals surface area contributed by atoms with Crippen molar-refractivity contribution in [1.29, 1.82) is 0 Å². The molecule has 3 heteroatoms. The van der Waals surface area contributed by atoms with Crippen LogP contribution in [-0.2, 0) is 6.54 Å². The van der Waals surface area contributed by atoms with Crippen LogP contribution in [0.4, 0.5) is 0 Å². The van der Waals surface area contributed by atoms with Crippen molar-refractivity contribution in [2.75, 3.05) is 13.1 Å². The summed E-state index contributed by atoms with van der Waals surface area (Å²) in [5.41, 5.74) is 1.97. The zero-order valence-electron chi connectivity index (χ0n) is 9.83. The van der Waals surface area contributed by atoms with Crippen LogP contribution in [0.1, 0.15) is 19.4 Å². The minimum Gasteiger partial charge on any atom is -0.508 e. The van der Waals surface area contributed by atoms with Crippen molar-refractivity contribution in [3.8, 4) is 5.75 Å². The number of phenolic OH excluding ortho intramolecular Hbond substituents is 1. The van der Waals surface area contributed by atoms with Gasteiger partial charge in [-0.15, -0.1) is 0 Å². The Labute approximate surface area is 102 Å². The number of nitrogens with zero attached hydrogens (tertiary/aromatic N) is 1. The fraction of sp³-hybridized carbons (Fsp3) is 0.385. The highest BCUT2D eigenvalue weighted by Gasteiger charge is 2.08. The lowest BCUT2D eigenvalue weighted by Gasteiger charge is -2.21. The Kier molecular flexibility index (Phi) is 4.84. The normalized spacial score (nSPS) is 10.8. The van der Waals surface area contributed by atoms with Gasteiger partial charge in [-0.3, -0.25) is 4.90 Å². The van der Waals surface area contributed by atoms with Crippen molar-refractivity contribution in [2.45, 2.75) is 20.4 Å². The van der Waals surface area contributed by atoms with Crippen molar-refractivity contribution in [2.24, 2.45) is 0 Å². The highest BCUT2D eigenvalue weighted by atomic mass is 35.5. The van der Waals surface area contributed by atoms with Crippen LogP contribution in [0.3, 0.4) is 0 Å². The van der Waals surface area contributed by atoms with Crippen molar-refractivity contribution in [3.63, 3.8) is 0 Å². The van der Waals surface area contributed by atoms with Crippen LogP contribution < -0.4 is 0 Å². The van der Waals surface area contributed by atoms with Gasteiger partial charge < -0.3 is 5.11 Å². The molecule has 0 aliphatic heterocycles. The van der Waals surface area contributed by atoms with E-state index in [1.165, 1.54) is 0 Å². The molecule has 0 spiro atoms. The summed E-state index contributed by atoms with van der Waals surface area (Å²) in [6.07, 6.45) is 0. The van der Waals surface area contributed by atoms with E-state index >= 15 is 0 Å². The highest BCUT2D eigenvalue weighted by molar-refractivity contribution is 6.30. The van der Waals surface area contributed by atoms with Crippen molar-refractivity contribution >= 4 is 11.6 Å². The SMILES string of the molecule is C=C(C)CN(CC)Cc1cc(Cl)ccc1O. The molecule has 0 heterocycles. The summed E-state index contributed by atoms with van der Waals surface area (Å²) in [5.74, 6) is 0.296. The number of benzene rings is 1. The molecule has 0 saturated carbocycles. The second-order valence-electron chi connectivity index (χ2n) is 4.03. The van der Waals surface area contributed by atoms with Crippen LogP contribution in [0.5, 0.6) is 5.75 Å². The molecule has 1 aromatic carbocycles. The number of rotatable bonds is 5. The van der Waals surface area contributed by atoms with Gasteiger partial charge in [-0.1, -0.05) is 30.7 Å². The van der Waals surface area contributed by atoms with Crippen LogP contribution >= 0.6 is 11.6 Å². The Morgan fingerprint density at radius 2 is 2.19 bits per heavy atom. The molecule has 1 rings (SSSR count). The molecular weight excluding hydrogens is 222 g/mol. The van der Waals surface area contributed by atoms with Crippen LogP contribution in [0.25, 0.3) is 0 Å². The second-order valence-corrected chi connectivity index (χ2v) is 4.47. The van der Waals surface area contributed by atoms with E-state index in [1.54, 1.807) is 18.2 Å². The lowest BCUT2D eigenvalue weighted by atomic mass is 10.2. The third-order valence-electron chi connectivity index (χ3n) is 2.38. The second kappa shape index (κ2) is 5.92. The standard InChI is InChI=1S/C13H18ClNO/c1-4-15(8-10(2)3)9-11-7-12(14)5-6-13(11)16/h5-7,16H,2,4,8-9H2,1,3H3. The summed E-state index contributed by atoms with van der Waals surface area (Å²) in [4.78, 5) is 2.20. The average molecular weight is 240 g/mol. The van der Waals surface area contributed by atoms with E-state index in [4.69, 9.17) is 11.6 Å². The lowest BCUT2D eigenvalue weighted by molar-refractivity contribution is 0.299. The van der Waals surface area contributed by atoms with Gasteiger partial charge in [0, 0.05) is 23.7 Å². The molecule has 0 amide bonds. The van der Waals surface area contributed by atoms with Gasteiger partial charge in [0.1, 0.15) is 5.75 Å². The van der Waals surface area contributed by atoms with Gasteiger partial charge in [0.15, 0.2) is 0 Å². The van der Waals surface area contributed by atoms with E-state index in [2.05, 4.69) is 18.4 Å². The molecule has 0 aliphatic carbocycles. The minimum absolute atomic E-state index is 0.296. The Morgan fingerprint density at radius 1 is 1.50 bits per heavy atom. The third kappa shape index (κ3) is 3.87. The molecule has 0 saturated heterocycles. The van der Waals surface area contributed by atoms with Crippen LogP contribution in [-0.4, -0.2) is 23.1 Å². The van der Waals surface area contributed by atoms with Gasteiger partial charge in [0.2, 0.25) is 0 Å². The minimum atomic E-state index is 0.296. The van der Waals surface area contributed by atoms with Gasteiger partial charge in [0.05, 0.1) is 0 Å². The van der Waals surface area contributed by atoms with E-state index in [0.29, 0.717) is 17.3 Å². The molecule has 0 unspecified atom stereocenters. The number of hydrogen-bond donors (Lipinski definition) is 1. The Bertz CT molecular complexity index is 376. The highest BCUT2D eigenvalue weighted by Crippen LogP contribution is 2.23. The van der Waals surface area contributed by atoms with E-state index < -0.39 is 0 Å². The lowest BCUT2D eigenvalue weighted by Crippen LogP contribution is -2.24. The molecule has 0 aliphatic rings. The molecule has 1 N–H and O–H groups in total. The predicted molar refractivity (Wildman–Crippen MR) is 68.9 cm³/mol. The summed E-state index contributed by atoms with van der Waals surface area (Å²) in [5, 5.41) is 10.4. The van der Waals surface area contributed by atoms with Crippen molar-refractivity contribution < 1.29 is 5.11 Å². The van der Waals surface area contributed by atoms with E-state index in [9.17, 15) is 5.11 Å². The third-order valence-corrected chi connectivity index (χ3v) is 2.61. The van der Waals surface area contributed by atoms with Crippen molar-refractivity contribution in [3.05, 3.63) is 40.9 Å². The summed E-state index contributed by atoms with van der Waals surface area (Å²) >= 11 is 5.90. The molecule has 88 valence electrons. The first-order valence-corrected chi connectivity index (χ1v) is 5.75. The summed E-state index contributed by atoms with van der Waals surface area (Å²) < 4.78 is 0. The Morgan fingerprint density at radius 3 is 2.75 bits per heavy atom. The van der Waals surface area contributed by atoms with Gasteiger partial charge in [-0.2, -0.15) is 0 Å². The number of likely N-dealkylation sites (N-methyl/N-ethyl adjacent to an activating group) is 1. The van der Waals surface area contributed by atoms with Crippen molar-refractivity contribution in [1.82, 2.24) is 4.90 Å². The number of aromatic hydroxyl groups is 1. The van der Waals surface area contributed by atoms with E-state index in [-0.39, 0.29) is 0 Å². The molecule has 0 aromatic heterocycles. The monoisotopic (exact) mass is 239 g/mol. The van der Waals surface area contributed by atoms with Gasteiger partial charge in [0.25, 0.3) is 0 Å². The fourth-order valence-corrected chi connectivity index (χ4v) is 1.78. The topological polar surface area (TPSA) is 23.5 Å². The Hall–Kier alpha value is -0.990. The number of halogens is 1. The molecule has 0 fully saturated rings. The summed E-state index contributed by atoms with van der Waals surface area (Å²) in [6, 6.07) is 5.12. The number of hydrogen-bond acceptors (Lipinski definition) is 2. The zero-order chi connectivity index (χ0) is 12.1. The first-order valence-electron chi connectivity index (χ1n) is 5.37. The van der Waals surface area contributed by atoms with E-state index in [1.807, 2.05) is 6.92 Å². The maximum atomic E-state index is 9.71. The largest absolute Gasteiger partial charge is 0.508 e. The summed E-state index contributed by atoms with van der Waals surface area (Å²) in [6.45, 7) is 10.4. The molecular formula is C13H18ClNO. The maximum absolute atomic E-state index is 9.71. The Balaban J connectivity index is 2.77. The molecule has 1 aromatic rings. The predicted octanol–water partition coefficient (Wildman–Crippen LogP) is 3.44. The van der Waals surface area contributed by atoms with Gasteiger partial charge >= 0.3 is 0 Å². The quantitative estimate of drug-likeness (QED) is 0.796. The molecule has 0 radical (unpaired) electrons. The first kappa shape index (κ1) is 13.1. The smallest absolute Gasteiger partial charge is 0.120 e. The molecule has 0 bridgehead atoms. The van der Waals surface area contributed by atoms with Crippen LogP contribution in [0.2, 0.25) is 5.02 Å². The number of phenols is 1. The van der Waals surface area contributed by atoms with Gasteiger partial charge in [-0.25, -0.2) is 0 Å². The fourth-order valence-electron chi connectivity index (χ4n) is 1.58. The first-order chi connectivity index (χ1) is 7.52. The molecule has 0 atom stereocenters. The van der Waals surface area contributed by atoms with Crippen LogP contribution in [0.15, 0.2) is 30.4 Å². The summed E-state index contributed by atoms with van der Waals surface area (Å²) in [7, 11) is 0.